The van der Waals surface area contributed by atoms with Crippen LogP contribution in [0.5, 0.6) is 0 Å². The number of aryl methyl sites for hydroxylation is 2. The van der Waals surface area contributed by atoms with Gasteiger partial charge in [0.2, 0.25) is 0 Å². The second kappa shape index (κ2) is 6.10. The van der Waals surface area contributed by atoms with Crippen LogP contribution >= 0.6 is 0 Å². The smallest absolute Gasteiger partial charge is 0.194 e. The Hall–Kier alpha value is -2.13. The van der Waals surface area contributed by atoms with Crippen molar-refractivity contribution in [3.8, 4) is 0 Å². The largest absolute Gasteiger partial charge is 0.291 e. The molecule has 3 rings (SSSR count). The molecule has 0 heterocycles. The predicted octanol–water partition coefficient (Wildman–Crippen LogP) is 3.93. The first-order valence-electron chi connectivity index (χ1n) is 7.35. The van der Waals surface area contributed by atoms with Gasteiger partial charge in [0.15, 0.2) is 5.78 Å². The molecule has 0 bridgehead atoms. The minimum absolute atomic E-state index is 0.0733. The number of carbonyl (C=O) groups excluding carboxylic acids is 1. The molecule has 3 nitrogen and oxygen atoms in total. The molecule has 2 aromatic carbocycles. The highest BCUT2D eigenvalue weighted by atomic mass is 16.7. The second-order valence-electron chi connectivity index (χ2n) is 5.44. The van der Waals surface area contributed by atoms with E-state index < -0.39 is 6.10 Å². The first-order valence-corrected chi connectivity index (χ1v) is 7.35. The van der Waals surface area contributed by atoms with Gasteiger partial charge in [-0.2, -0.15) is 0 Å². The van der Waals surface area contributed by atoms with E-state index >= 15 is 0 Å². The van der Waals surface area contributed by atoms with Crippen molar-refractivity contribution in [3.63, 3.8) is 0 Å². The summed E-state index contributed by atoms with van der Waals surface area (Å²) in [7, 11) is 0. The molecule has 1 atom stereocenters. The number of hydrogen-bond acceptors (Lipinski definition) is 3. The van der Waals surface area contributed by atoms with Crippen LogP contribution in [0.25, 0.3) is 0 Å². The molecule has 21 heavy (non-hydrogen) atoms. The fourth-order valence-electron chi connectivity index (χ4n) is 2.70. The quantitative estimate of drug-likeness (QED) is 0.684. The Bertz CT molecular complexity index is 651. The molecule has 0 aliphatic heterocycles. The van der Waals surface area contributed by atoms with Gasteiger partial charge in [0.25, 0.3) is 0 Å². The van der Waals surface area contributed by atoms with Gasteiger partial charge >= 0.3 is 0 Å². The third kappa shape index (κ3) is 2.98. The lowest BCUT2D eigenvalue weighted by molar-refractivity contribution is 0.0575. The Morgan fingerprint density at radius 3 is 2.71 bits per heavy atom. The maximum absolute atomic E-state index is 12.6. The summed E-state index contributed by atoms with van der Waals surface area (Å²) in [5.41, 5.74) is 6.88. The first-order chi connectivity index (χ1) is 10.3. The monoisotopic (exact) mass is 281 g/mol. The Labute approximate surface area is 124 Å². The number of Topliss-reactive ketones (excluding diaryl/α,β-unsaturated/α-hetero) is 1. The van der Waals surface area contributed by atoms with Crippen LogP contribution in [0, 0.1) is 6.92 Å². The molecule has 0 spiro atoms. The third-order valence-electron chi connectivity index (χ3n) is 3.94. The third-order valence-corrected chi connectivity index (χ3v) is 3.94. The highest BCUT2D eigenvalue weighted by Gasteiger charge is 2.26. The fraction of sp³-hybridized carbons (Fsp3) is 0.278. The number of anilines is 1. The number of benzene rings is 2. The Morgan fingerprint density at radius 1 is 1.10 bits per heavy atom. The van der Waals surface area contributed by atoms with E-state index in [1.165, 1.54) is 0 Å². The van der Waals surface area contributed by atoms with Gasteiger partial charge in [-0.15, -0.1) is 0 Å². The number of hydrogen-bond donors (Lipinski definition) is 1. The van der Waals surface area contributed by atoms with Crippen molar-refractivity contribution in [1.29, 1.82) is 0 Å². The van der Waals surface area contributed by atoms with Crippen LogP contribution < -0.4 is 5.48 Å². The standard InChI is InChI=1S/C18H19NO2/c1-13-7-2-5-11-16(13)19-21-17-12-6-9-14-8-3-4-10-15(14)18(17)20/h2-5,7-8,10-11,17,19H,6,9,12H2,1H3. The molecule has 1 aliphatic rings. The van der Waals surface area contributed by atoms with Gasteiger partial charge in [0.1, 0.15) is 6.10 Å². The lowest BCUT2D eigenvalue weighted by Crippen LogP contribution is -2.26. The fourth-order valence-corrected chi connectivity index (χ4v) is 2.70. The van der Waals surface area contributed by atoms with Crippen molar-refractivity contribution in [2.45, 2.75) is 32.3 Å². The number of rotatable bonds is 3. The zero-order valence-corrected chi connectivity index (χ0v) is 12.1. The molecule has 3 heteroatoms. The molecule has 1 N–H and O–H groups in total. The molecule has 108 valence electrons. The van der Waals surface area contributed by atoms with Gasteiger partial charge in [0, 0.05) is 5.56 Å². The van der Waals surface area contributed by atoms with Gasteiger partial charge in [-0.05, 0) is 43.4 Å². The highest BCUT2D eigenvalue weighted by Crippen LogP contribution is 2.23. The highest BCUT2D eigenvalue weighted by molar-refractivity contribution is 6.01. The number of carbonyl (C=O) groups is 1. The number of para-hydroxylation sites is 1. The van der Waals surface area contributed by atoms with Crippen LogP contribution in [0.1, 0.15) is 34.3 Å². The molecule has 0 radical (unpaired) electrons. The molecule has 0 fully saturated rings. The van der Waals surface area contributed by atoms with Gasteiger partial charge in [-0.25, -0.2) is 0 Å². The minimum Gasteiger partial charge on any atom is -0.291 e. The van der Waals surface area contributed by atoms with E-state index in [0.717, 1.165) is 41.6 Å². The van der Waals surface area contributed by atoms with Crippen molar-refractivity contribution >= 4 is 11.5 Å². The summed E-state index contributed by atoms with van der Waals surface area (Å²) in [6.07, 6.45) is 2.22. The van der Waals surface area contributed by atoms with Crippen molar-refractivity contribution < 1.29 is 9.63 Å². The van der Waals surface area contributed by atoms with E-state index in [-0.39, 0.29) is 5.78 Å². The number of fused-ring (bicyclic) bond motifs is 1. The van der Waals surface area contributed by atoms with Gasteiger partial charge in [0.05, 0.1) is 5.69 Å². The van der Waals surface area contributed by atoms with Crippen molar-refractivity contribution in [2.75, 3.05) is 5.48 Å². The van der Waals surface area contributed by atoms with E-state index in [0.29, 0.717) is 0 Å². The summed E-state index contributed by atoms with van der Waals surface area (Å²) in [6, 6.07) is 15.7. The molecule has 1 aliphatic carbocycles. The van der Waals surface area contributed by atoms with Crippen molar-refractivity contribution in [3.05, 3.63) is 65.2 Å². The van der Waals surface area contributed by atoms with Crippen LogP contribution in [0.4, 0.5) is 5.69 Å². The number of nitrogens with one attached hydrogen (secondary N) is 1. The lowest BCUT2D eigenvalue weighted by atomic mass is 10.0. The van der Waals surface area contributed by atoms with Crippen LogP contribution in [0.3, 0.4) is 0 Å². The maximum atomic E-state index is 12.6. The summed E-state index contributed by atoms with van der Waals surface area (Å²) in [5.74, 6) is 0.0733. The summed E-state index contributed by atoms with van der Waals surface area (Å²) in [4.78, 5) is 18.3. The average Bonchev–Trinajstić information content (AvgIpc) is 2.67. The van der Waals surface area contributed by atoms with E-state index in [4.69, 9.17) is 4.84 Å². The van der Waals surface area contributed by atoms with Crippen LogP contribution in [0.15, 0.2) is 48.5 Å². The second-order valence-corrected chi connectivity index (χ2v) is 5.44. The first kappa shape index (κ1) is 13.8. The van der Waals surface area contributed by atoms with Gasteiger partial charge in [-0.1, -0.05) is 42.5 Å². The molecular formula is C18H19NO2. The van der Waals surface area contributed by atoms with Gasteiger partial charge < -0.3 is 0 Å². The molecule has 1 unspecified atom stereocenters. The summed E-state index contributed by atoms with van der Waals surface area (Å²) in [6.45, 7) is 2.01. The molecule has 0 amide bonds. The van der Waals surface area contributed by atoms with E-state index in [2.05, 4.69) is 5.48 Å². The zero-order chi connectivity index (χ0) is 14.7. The summed E-state index contributed by atoms with van der Waals surface area (Å²) in [5, 5.41) is 0. The lowest BCUT2D eigenvalue weighted by Gasteiger charge is -2.16. The van der Waals surface area contributed by atoms with Crippen molar-refractivity contribution in [2.24, 2.45) is 0 Å². The Morgan fingerprint density at radius 2 is 1.86 bits per heavy atom. The Balaban J connectivity index is 1.75. The molecule has 0 saturated heterocycles. The minimum atomic E-state index is -0.423. The topological polar surface area (TPSA) is 38.3 Å². The van der Waals surface area contributed by atoms with Crippen LogP contribution in [0.2, 0.25) is 0 Å². The van der Waals surface area contributed by atoms with Crippen LogP contribution in [-0.4, -0.2) is 11.9 Å². The maximum Gasteiger partial charge on any atom is 0.194 e. The number of ketones is 1. The molecule has 2 aromatic rings. The van der Waals surface area contributed by atoms with Crippen LogP contribution in [-0.2, 0) is 11.3 Å². The predicted molar refractivity (Wildman–Crippen MR) is 83.4 cm³/mol. The summed E-state index contributed by atoms with van der Waals surface area (Å²) < 4.78 is 0. The van der Waals surface area contributed by atoms with E-state index in [9.17, 15) is 4.79 Å². The van der Waals surface area contributed by atoms with E-state index in [1.807, 2.05) is 55.5 Å². The average molecular weight is 281 g/mol. The Kier molecular flexibility index (Phi) is 4.02. The summed E-state index contributed by atoms with van der Waals surface area (Å²) >= 11 is 0. The zero-order valence-electron chi connectivity index (χ0n) is 12.1. The van der Waals surface area contributed by atoms with E-state index in [1.54, 1.807) is 0 Å². The molecule has 0 saturated carbocycles. The normalized spacial score (nSPS) is 18.0. The van der Waals surface area contributed by atoms with Crippen molar-refractivity contribution in [1.82, 2.24) is 0 Å². The molecular weight excluding hydrogens is 262 g/mol. The molecule has 0 aromatic heterocycles. The SMILES string of the molecule is Cc1ccccc1NOC1CCCc2ccccc2C1=O. The van der Waals surface area contributed by atoms with Gasteiger partial charge in [-0.3, -0.25) is 15.1 Å².